The highest BCUT2D eigenvalue weighted by atomic mass is 35.5. The molecular formula is C37H47ClN4O4S. The Kier molecular flexibility index (Phi) is 9.23. The van der Waals surface area contributed by atoms with Crippen molar-refractivity contribution in [3.63, 3.8) is 0 Å². The summed E-state index contributed by atoms with van der Waals surface area (Å²) in [5.41, 5.74) is 1.31. The molecule has 5 fully saturated rings. The van der Waals surface area contributed by atoms with E-state index in [1.165, 1.54) is 13.5 Å². The van der Waals surface area contributed by atoms with Crippen molar-refractivity contribution < 1.29 is 17.9 Å². The summed E-state index contributed by atoms with van der Waals surface area (Å²) in [7, 11) is -1.97. The summed E-state index contributed by atoms with van der Waals surface area (Å²) in [6, 6.07) is 18.3. The van der Waals surface area contributed by atoms with E-state index in [1.54, 1.807) is 12.1 Å². The first-order valence-corrected chi connectivity index (χ1v) is 19.5. The van der Waals surface area contributed by atoms with Crippen molar-refractivity contribution in [1.29, 1.82) is 5.26 Å². The second kappa shape index (κ2) is 13.2. The first kappa shape index (κ1) is 32.7. The minimum Gasteiger partial charge on any atom is -0.453 e. The fraction of sp³-hybridized carbons (Fsp3) is 0.622. The number of ether oxygens (including phenoxy) is 1. The van der Waals surface area contributed by atoms with Gasteiger partial charge in [-0.05, 0) is 99.6 Å². The SMILES string of the molecule is COC(=O)N[C@H]1CCC[C@@H]1C(C#N)(c1ccccc1)C1CCN(CC2CN(c3ccc(S(=O)(=O)C4CC5CCC4C5)cc3Cl)C2)CC1. The van der Waals surface area contributed by atoms with Gasteiger partial charge in [-0.2, -0.15) is 5.26 Å². The fourth-order valence-electron chi connectivity index (χ4n) is 10.1. The lowest BCUT2D eigenvalue weighted by molar-refractivity contribution is 0.0939. The van der Waals surface area contributed by atoms with Gasteiger partial charge in [0.05, 0.1) is 39.4 Å². The summed E-state index contributed by atoms with van der Waals surface area (Å²) in [5.74, 6) is 1.62. The third-order valence-corrected chi connectivity index (χ3v) is 15.0. The van der Waals surface area contributed by atoms with Crippen LogP contribution >= 0.6 is 11.6 Å². The van der Waals surface area contributed by atoms with Crippen molar-refractivity contribution in [1.82, 2.24) is 10.2 Å². The molecule has 7 rings (SSSR count). The maximum Gasteiger partial charge on any atom is 0.407 e. The van der Waals surface area contributed by atoms with E-state index in [1.807, 2.05) is 24.3 Å². The molecule has 2 aromatic rings. The molecule has 2 aliphatic heterocycles. The van der Waals surface area contributed by atoms with E-state index in [0.29, 0.717) is 27.7 Å². The molecule has 47 heavy (non-hydrogen) atoms. The Morgan fingerprint density at radius 3 is 2.45 bits per heavy atom. The molecule has 0 aromatic heterocycles. The topological polar surface area (TPSA) is 103 Å². The number of nitriles is 1. The molecule has 1 N–H and O–H groups in total. The minimum absolute atomic E-state index is 0.0325. The Balaban J connectivity index is 0.968. The lowest BCUT2D eigenvalue weighted by Crippen LogP contribution is -2.55. The normalized spacial score (nSPS) is 29.6. The summed E-state index contributed by atoms with van der Waals surface area (Å²) in [6.07, 6.45) is 8.27. The number of anilines is 1. The van der Waals surface area contributed by atoms with Crippen LogP contribution in [0.15, 0.2) is 53.4 Å². The van der Waals surface area contributed by atoms with E-state index in [4.69, 9.17) is 16.3 Å². The zero-order valence-corrected chi connectivity index (χ0v) is 28.9. The number of nitrogens with one attached hydrogen (secondary N) is 1. The number of rotatable bonds is 9. The van der Waals surface area contributed by atoms with Gasteiger partial charge in [-0.1, -0.05) is 54.8 Å². The van der Waals surface area contributed by atoms with Gasteiger partial charge in [0, 0.05) is 37.5 Å². The van der Waals surface area contributed by atoms with Crippen molar-refractivity contribution in [2.24, 2.45) is 29.6 Å². The van der Waals surface area contributed by atoms with Gasteiger partial charge in [-0.3, -0.25) is 0 Å². The number of alkyl carbamates (subject to hydrolysis) is 1. The zero-order valence-electron chi connectivity index (χ0n) is 27.3. The first-order chi connectivity index (χ1) is 22.7. The number of carbonyl (C=O) groups is 1. The maximum absolute atomic E-state index is 13.4. The number of sulfone groups is 1. The summed E-state index contributed by atoms with van der Waals surface area (Å²) in [5, 5.41) is 14.3. The van der Waals surface area contributed by atoms with Crippen LogP contribution in [0.5, 0.6) is 0 Å². The molecule has 0 radical (unpaired) electrons. The molecule has 3 saturated carbocycles. The number of halogens is 1. The second-order valence-electron chi connectivity index (χ2n) is 14.8. The van der Waals surface area contributed by atoms with Gasteiger partial charge < -0.3 is 19.9 Å². The minimum atomic E-state index is -3.36. The summed E-state index contributed by atoms with van der Waals surface area (Å²) in [6.45, 7) is 4.67. The molecule has 5 aliphatic rings. The molecule has 3 aliphatic carbocycles. The number of piperidine rings is 1. The van der Waals surface area contributed by atoms with Crippen LogP contribution in [0.3, 0.4) is 0 Å². The quantitative estimate of drug-likeness (QED) is 0.326. The van der Waals surface area contributed by atoms with Crippen molar-refractivity contribution >= 4 is 33.2 Å². The first-order valence-electron chi connectivity index (χ1n) is 17.5. The molecular weight excluding hydrogens is 632 g/mol. The van der Waals surface area contributed by atoms with Crippen LogP contribution in [-0.2, 0) is 20.0 Å². The molecule has 252 valence electrons. The van der Waals surface area contributed by atoms with E-state index in [9.17, 15) is 18.5 Å². The fourth-order valence-corrected chi connectivity index (χ4v) is 12.6. The Labute approximate surface area is 284 Å². The van der Waals surface area contributed by atoms with Gasteiger partial charge in [0.25, 0.3) is 0 Å². The van der Waals surface area contributed by atoms with Gasteiger partial charge in [-0.15, -0.1) is 0 Å². The van der Waals surface area contributed by atoms with Crippen LogP contribution in [0.25, 0.3) is 0 Å². The predicted octanol–water partition coefficient (Wildman–Crippen LogP) is 6.44. The standard InChI is InChI=1S/C37H47ClN4O4S/c1-46-36(43)40-33-9-5-8-31(33)37(24-39,28-6-3-2-4-7-28)29-14-16-41(17-15-29)21-26-22-42(23-26)34-13-12-30(20-32(34)38)47(44,45)35-19-25-10-11-27(35)18-25/h2-4,6-7,12-13,20,25-27,29,31,33,35H,5,8-11,14-19,21-23H2,1H3,(H,40,43)/t25?,27?,31-,33-,35?,37?/m0/s1. The molecule has 8 nitrogen and oxygen atoms in total. The monoisotopic (exact) mass is 678 g/mol. The Bertz CT molecular complexity index is 1600. The number of amides is 1. The Morgan fingerprint density at radius 1 is 1.04 bits per heavy atom. The lowest BCUT2D eigenvalue weighted by atomic mass is 9.59. The third-order valence-electron chi connectivity index (χ3n) is 12.4. The van der Waals surface area contributed by atoms with E-state index in [2.05, 4.69) is 33.3 Å². The average molecular weight is 679 g/mol. The molecule has 2 heterocycles. The molecule has 2 saturated heterocycles. The third kappa shape index (κ3) is 6.04. The highest BCUT2D eigenvalue weighted by Gasteiger charge is 2.53. The Hall–Kier alpha value is -2.80. The number of fused-ring (bicyclic) bond motifs is 2. The van der Waals surface area contributed by atoms with Crippen LogP contribution in [0.1, 0.15) is 63.4 Å². The van der Waals surface area contributed by atoms with Crippen LogP contribution in [0.4, 0.5) is 10.5 Å². The van der Waals surface area contributed by atoms with Crippen LogP contribution in [0.2, 0.25) is 5.02 Å². The number of hydrogen-bond donors (Lipinski definition) is 1. The van der Waals surface area contributed by atoms with Crippen LogP contribution in [-0.4, -0.2) is 70.5 Å². The summed E-state index contributed by atoms with van der Waals surface area (Å²) >= 11 is 6.72. The summed E-state index contributed by atoms with van der Waals surface area (Å²) in [4.78, 5) is 17.4. The van der Waals surface area contributed by atoms with Gasteiger partial charge >= 0.3 is 6.09 Å². The molecule has 2 bridgehead atoms. The van der Waals surface area contributed by atoms with Crippen molar-refractivity contribution in [3.05, 3.63) is 59.1 Å². The largest absolute Gasteiger partial charge is 0.453 e. The average Bonchev–Trinajstić information content (AvgIpc) is 3.84. The molecule has 0 spiro atoms. The van der Waals surface area contributed by atoms with Gasteiger partial charge in [0.15, 0.2) is 9.84 Å². The van der Waals surface area contributed by atoms with Crippen LogP contribution in [0, 0.1) is 40.9 Å². The van der Waals surface area contributed by atoms with Crippen molar-refractivity contribution in [2.45, 2.75) is 79.4 Å². The number of methoxy groups -OCH3 is 1. The number of hydrogen-bond acceptors (Lipinski definition) is 7. The zero-order chi connectivity index (χ0) is 32.8. The number of benzene rings is 2. The lowest BCUT2D eigenvalue weighted by Gasteiger charge is -2.48. The second-order valence-corrected chi connectivity index (χ2v) is 17.4. The van der Waals surface area contributed by atoms with Crippen molar-refractivity contribution in [2.75, 3.05) is 44.7 Å². The van der Waals surface area contributed by atoms with E-state index < -0.39 is 21.3 Å². The molecule has 2 aromatic carbocycles. The molecule has 6 atom stereocenters. The van der Waals surface area contributed by atoms with Gasteiger partial charge in [-0.25, -0.2) is 13.2 Å². The number of likely N-dealkylation sites (tertiary alicyclic amines) is 1. The number of carbonyl (C=O) groups excluding carboxylic acids is 1. The van der Waals surface area contributed by atoms with E-state index >= 15 is 0 Å². The van der Waals surface area contributed by atoms with Crippen LogP contribution < -0.4 is 10.2 Å². The predicted molar refractivity (Wildman–Crippen MR) is 183 cm³/mol. The van der Waals surface area contributed by atoms with Gasteiger partial charge in [0.2, 0.25) is 0 Å². The molecule has 4 unspecified atom stereocenters. The highest BCUT2D eigenvalue weighted by molar-refractivity contribution is 7.92. The summed E-state index contributed by atoms with van der Waals surface area (Å²) < 4.78 is 31.8. The van der Waals surface area contributed by atoms with Crippen molar-refractivity contribution in [3.8, 4) is 6.07 Å². The smallest absolute Gasteiger partial charge is 0.407 e. The molecule has 10 heteroatoms. The van der Waals surface area contributed by atoms with Gasteiger partial charge in [0.1, 0.15) is 0 Å². The Morgan fingerprint density at radius 2 is 1.81 bits per heavy atom. The maximum atomic E-state index is 13.4. The van der Waals surface area contributed by atoms with E-state index in [-0.39, 0.29) is 23.1 Å². The molecule has 1 amide bonds. The number of nitrogens with zero attached hydrogens (tertiary/aromatic N) is 3. The highest BCUT2D eigenvalue weighted by Crippen LogP contribution is 2.51. The van der Waals surface area contributed by atoms with E-state index in [0.717, 1.165) is 95.3 Å².